The van der Waals surface area contributed by atoms with E-state index in [1.54, 1.807) is 60.7 Å². The summed E-state index contributed by atoms with van der Waals surface area (Å²) in [7, 11) is -3.54. The molecule has 0 aliphatic heterocycles. The van der Waals surface area contributed by atoms with Crippen molar-refractivity contribution in [3.8, 4) is 16.3 Å². The molecule has 0 fully saturated rings. The summed E-state index contributed by atoms with van der Waals surface area (Å²) in [5, 5.41) is 12.6. The molecular weight excluding hydrogens is 520 g/mol. The Bertz CT molecular complexity index is 1440. The molecule has 0 atom stereocenters. The van der Waals surface area contributed by atoms with Gasteiger partial charge in [0, 0.05) is 16.1 Å². The number of carbonyl (C=O) groups is 1. The van der Waals surface area contributed by atoms with Crippen molar-refractivity contribution in [2.24, 2.45) is 0 Å². The predicted molar refractivity (Wildman–Crippen MR) is 143 cm³/mol. The molecule has 0 aliphatic carbocycles. The number of aromatic nitrogens is 2. The highest BCUT2D eigenvalue weighted by molar-refractivity contribution is 7.92. The van der Waals surface area contributed by atoms with Crippen LogP contribution in [0.2, 0.25) is 5.02 Å². The number of sulfonamides is 1. The van der Waals surface area contributed by atoms with Crippen LogP contribution >= 0.6 is 22.9 Å². The molecular formula is C25H23ClN4O4S2. The largest absolute Gasteiger partial charge is 0.494 e. The zero-order valence-corrected chi connectivity index (χ0v) is 21.9. The summed E-state index contributed by atoms with van der Waals surface area (Å²) < 4.78 is 31.7. The van der Waals surface area contributed by atoms with Gasteiger partial charge in [0.15, 0.2) is 0 Å². The average Bonchev–Trinajstić information content (AvgIpc) is 3.32. The Morgan fingerprint density at radius 2 is 1.67 bits per heavy atom. The van der Waals surface area contributed by atoms with E-state index in [4.69, 9.17) is 16.3 Å². The first-order valence-corrected chi connectivity index (χ1v) is 14.0. The van der Waals surface area contributed by atoms with Crippen LogP contribution in [0.4, 0.5) is 10.8 Å². The highest BCUT2D eigenvalue weighted by Gasteiger charge is 2.19. The lowest BCUT2D eigenvalue weighted by molar-refractivity contribution is 0.102. The van der Waals surface area contributed by atoms with Crippen LogP contribution in [0, 0.1) is 0 Å². The van der Waals surface area contributed by atoms with E-state index in [1.165, 1.54) is 15.6 Å². The van der Waals surface area contributed by atoms with Gasteiger partial charge in [0.1, 0.15) is 10.8 Å². The van der Waals surface area contributed by atoms with Crippen LogP contribution < -0.4 is 14.4 Å². The SMILES string of the molecule is CCOc1ccc(N(Cc2ccc(C(=O)Nc3nnc(-c4ccc(Cl)cc4)s3)cc2)S(C)(=O)=O)cc1. The highest BCUT2D eigenvalue weighted by atomic mass is 35.5. The first kappa shape index (κ1) is 25.6. The quantitative estimate of drug-likeness (QED) is 0.301. The normalized spacial score (nSPS) is 11.2. The van der Waals surface area contributed by atoms with Gasteiger partial charge in [-0.3, -0.25) is 14.4 Å². The number of benzene rings is 3. The number of hydrogen-bond donors (Lipinski definition) is 1. The van der Waals surface area contributed by atoms with Gasteiger partial charge in [-0.05, 0) is 61.0 Å². The molecule has 4 aromatic rings. The molecule has 1 heterocycles. The molecule has 0 saturated carbocycles. The van der Waals surface area contributed by atoms with E-state index in [9.17, 15) is 13.2 Å². The summed E-state index contributed by atoms with van der Waals surface area (Å²) >= 11 is 7.17. The van der Waals surface area contributed by atoms with Gasteiger partial charge in [0.2, 0.25) is 15.2 Å². The molecule has 1 aromatic heterocycles. The van der Waals surface area contributed by atoms with E-state index >= 15 is 0 Å². The van der Waals surface area contributed by atoms with Crippen LogP contribution in [0.3, 0.4) is 0 Å². The van der Waals surface area contributed by atoms with E-state index in [2.05, 4.69) is 15.5 Å². The summed E-state index contributed by atoms with van der Waals surface area (Å²) in [6.07, 6.45) is 1.16. The fourth-order valence-electron chi connectivity index (χ4n) is 3.35. The Morgan fingerprint density at radius 1 is 1.00 bits per heavy atom. The van der Waals surface area contributed by atoms with Gasteiger partial charge in [-0.1, -0.05) is 47.2 Å². The van der Waals surface area contributed by atoms with Crippen molar-refractivity contribution < 1.29 is 17.9 Å². The molecule has 0 saturated heterocycles. The van der Waals surface area contributed by atoms with Crippen molar-refractivity contribution in [1.29, 1.82) is 0 Å². The molecule has 36 heavy (non-hydrogen) atoms. The third-order valence-corrected chi connectivity index (χ3v) is 7.40. The number of ether oxygens (including phenoxy) is 1. The van der Waals surface area contributed by atoms with Crippen molar-refractivity contribution in [3.05, 3.63) is 88.9 Å². The minimum absolute atomic E-state index is 0.121. The molecule has 3 aromatic carbocycles. The highest BCUT2D eigenvalue weighted by Crippen LogP contribution is 2.28. The third-order valence-electron chi connectivity index (χ3n) is 5.11. The molecule has 1 N–H and O–H groups in total. The lowest BCUT2D eigenvalue weighted by Gasteiger charge is -2.23. The van der Waals surface area contributed by atoms with E-state index in [0.717, 1.165) is 17.4 Å². The molecule has 0 unspecified atom stereocenters. The average molecular weight is 543 g/mol. The maximum absolute atomic E-state index is 12.7. The Labute approximate surface area is 218 Å². The van der Waals surface area contributed by atoms with Gasteiger partial charge in [-0.15, -0.1) is 10.2 Å². The Kier molecular flexibility index (Phi) is 7.88. The van der Waals surface area contributed by atoms with Gasteiger partial charge in [-0.2, -0.15) is 0 Å². The number of amides is 1. The van der Waals surface area contributed by atoms with E-state index < -0.39 is 10.0 Å². The summed E-state index contributed by atoms with van der Waals surface area (Å²) in [4.78, 5) is 12.7. The summed E-state index contributed by atoms with van der Waals surface area (Å²) in [5.41, 5.74) is 2.51. The number of rotatable bonds is 9. The first-order chi connectivity index (χ1) is 17.2. The number of nitrogens with one attached hydrogen (secondary N) is 1. The van der Waals surface area contributed by atoms with E-state index in [0.29, 0.717) is 38.8 Å². The summed E-state index contributed by atoms with van der Waals surface area (Å²) in [5.74, 6) is 0.327. The first-order valence-electron chi connectivity index (χ1n) is 10.9. The molecule has 4 rings (SSSR count). The molecule has 0 aliphatic rings. The molecule has 0 bridgehead atoms. The smallest absolute Gasteiger partial charge is 0.257 e. The second kappa shape index (κ2) is 11.1. The topological polar surface area (TPSA) is 101 Å². The summed E-state index contributed by atoms with van der Waals surface area (Å²) in [6, 6.07) is 20.8. The maximum Gasteiger partial charge on any atom is 0.257 e. The number of nitrogens with zero attached hydrogens (tertiary/aromatic N) is 3. The van der Waals surface area contributed by atoms with Crippen LogP contribution in [0.15, 0.2) is 72.8 Å². The van der Waals surface area contributed by atoms with Gasteiger partial charge in [0.25, 0.3) is 5.91 Å². The second-order valence-electron chi connectivity index (χ2n) is 7.77. The van der Waals surface area contributed by atoms with Crippen molar-refractivity contribution >= 4 is 49.7 Å². The van der Waals surface area contributed by atoms with Crippen LogP contribution in [-0.2, 0) is 16.6 Å². The van der Waals surface area contributed by atoms with Crippen LogP contribution in [-0.4, -0.2) is 37.4 Å². The molecule has 0 radical (unpaired) electrons. The molecule has 11 heteroatoms. The van der Waals surface area contributed by atoms with Crippen LogP contribution in [0.25, 0.3) is 10.6 Å². The molecule has 0 spiro atoms. The Morgan fingerprint density at radius 3 is 2.28 bits per heavy atom. The molecule has 186 valence electrons. The van der Waals surface area contributed by atoms with Crippen molar-refractivity contribution in [2.45, 2.75) is 13.5 Å². The zero-order valence-electron chi connectivity index (χ0n) is 19.5. The lowest BCUT2D eigenvalue weighted by Crippen LogP contribution is -2.29. The summed E-state index contributed by atoms with van der Waals surface area (Å²) in [6.45, 7) is 2.53. The van der Waals surface area contributed by atoms with Gasteiger partial charge in [0.05, 0.1) is 25.1 Å². The second-order valence-corrected chi connectivity index (χ2v) is 11.1. The van der Waals surface area contributed by atoms with Crippen molar-refractivity contribution in [3.63, 3.8) is 0 Å². The predicted octanol–water partition coefficient (Wildman–Crippen LogP) is 5.48. The number of carbonyl (C=O) groups excluding carboxylic acids is 1. The number of anilines is 2. The molecule has 1 amide bonds. The Balaban J connectivity index is 1.44. The monoisotopic (exact) mass is 542 g/mol. The van der Waals surface area contributed by atoms with Gasteiger partial charge >= 0.3 is 0 Å². The van der Waals surface area contributed by atoms with Crippen molar-refractivity contribution in [2.75, 3.05) is 22.5 Å². The van der Waals surface area contributed by atoms with Crippen molar-refractivity contribution in [1.82, 2.24) is 10.2 Å². The fraction of sp³-hybridized carbons (Fsp3) is 0.160. The fourth-order valence-corrected chi connectivity index (χ4v) is 5.11. The van der Waals surface area contributed by atoms with Crippen LogP contribution in [0.1, 0.15) is 22.8 Å². The lowest BCUT2D eigenvalue weighted by atomic mass is 10.1. The third kappa shape index (κ3) is 6.39. The van der Waals surface area contributed by atoms with Gasteiger partial charge in [-0.25, -0.2) is 8.42 Å². The van der Waals surface area contributed by atoms with E-state index in [-0.39, 0.29) is 12.5 Å². The Hall–Kier alpha value is -3.47. The van der Waals surface area contributed by atoms with E-state index in [1.807, 2.05) is 19.1 Å². The minimum atomic E-state index is -3.54. The zero-order chi connectivity index (χ0) is 25.7. The number of halogens is 1. The molecule has 8 nitrogen and oxygen atoms in total. The standard InChI is InChI=1S/C25H23ClN4O4S2/c1-3-34-22-14-12-21(13-15-22)30(36(2,32)33)16-17-4-6-18(7-5-17)23(31)27-25-29-28-24(35-25)19-8-10-20(26)11-9-19/h4-15H,3,16H2,1-2H3,(H,27,29,31). The maximum atomic E-state index is 12.7. The minimum Gasteiger partial charge on any atom is -0.494 e. The van der Waals surface area contributed by atoms with Gasteiger partial charge < -0.3 is 4.74 Å². The van der Waals surface area contributed by atoms with Crippen LogP contribution in [0.5, 0.6) is 5.75 Å². The number of hydrogen-bond acceptors (Lipinski definition) is 7.